The zero-order chi connectivity index (χ0) is 21.7. The molecule has 0 unspecified atom stereocenters. The molecule has 2 saturated carbocycles. The average molecular weight is 471 g/mol. The summed E-state index contributed by atoms with van der Waals surface area (Å²) in [7, 11) is 0. The number of rotatable bonds is 2. The molecule has 7 nitrogen and oxygen atoms in total. The number of ether oxygens (including phenoxy) is 3. The Kier molecular flexibility index (Phi) is 3.40. The lowest BCUT2D eigenvalue weighted by Gasteiger charge is -2.66. The van der Waals surface area contributed by atoms with Gasteiger partial charge in [0.25, 0.3) is 0 Å². The topological polar surface area (TPSA) is 74.6 Å². The Labute approximate surface area is 197 Å². The first-order chi connectivity index (χ1) is 16.1. The molecule has 33 heavy (non-hydrogen) atoms. The van der Waals surface area contributed by atoms with Gasteiger partial charge in [-0.2, -0.15) is 0 Å². The van der Waals surface area contributed by atoms with Gasteiger partial charge in [-0.1, -0.05) is 6.07 Å². The van der Waals surface area contributed by atoms with Crippen molar-refractivity contribution in [2.24, 2.45) is 5.92 Å². The van der Waals surface area contributed by atoms with Gasteiger partial charge >= 0.3 is 0 Å². The maximum absolute atomic E-state index is 12.7. The number of fused-ring (bicyclic) bond motifs is 2. The third-order valence-corrected chi connectivity index (χ3v) is 11.6. The van der Waals surface area contributed by atoms with E-state index in [2.05, 4.69) is 15.9 Å². The SMILES string of the molecule is Oc1ccc2c3c1O[C@H]1[C@]4(CC[C@@]5(O)[C@@H](C2)N(CC2CC2)CC[C@]315)O[C@@H]1CS[C@@H]2CO[C@H]4N12. The first-order valence-electron chi connectivity index (χ1n) is 12.7. The predicted molar refractivity (Wildman–Crippen MR) is 120 cm³/mol. The number of aliphatic hydroxyl groups is 1. The molecule has 5 heterocycles. The van der Waals surface area contributed by atoms with Gasteiger partial charge in [-0.05, 0) is 62.6 Å². The van der Waals surface area contributed by atoms with Crippen LogP contribution in [0.15, 0.2) is 12.1 Å². The summed E-state index contributed by atoms with van der Waals surface area (Å²) in [6.07, 6.45) is 5.26. The van der Waals surface area contributed by atoms with Crippen molar-refractivity contribution in [3.63, 3.8) is 0 Å². The normalized spacial score (nSPS) is 51.1. The van der Waals surface area contributed by atoms with Gasteiger partial charge < -0.3 is 24.4 Å². The standard InChI is InChI=1S/C25H30N2O5S/c28-15-4-3-14-9-16-25(29)6-5-24(22-27-17(32-24)12-33-18(27)11-30-22)21-23(25,19(14)20(15)31-21)7-8-26(16)10-13-1-2-13/h3-4,13,16-18,21-22,28-29H,1-2,5-12H2/t16-,17-,18-,21-,22-,23+,24+,25-/m1/s1. The molecule has 5 aliphatic heterocycles. The number of phenols is 1. The summed E-state index contributed by atoms with van der Waals surface area (Å²) in [5.74, 6) is 2.52. The fourth-order valence-corrected chi connectivity index (χ4v) is 10.2. The highest BCUT2D eigenvalue weighted by molar-refractivity contribution is 8.00. The molecule has 8 heteroatoms. The third-order valence-electron chi connectivity index (χ3n) is 10.4. The number of aromatic hydroxyl groups is 1. The highest BCUT2D eigenvalue weighted by Crippen LogP contribution is 2.70. The summed E-state index contributed by atoms with van der Waals surface area (Å²) < 4.78 is 20.1. The zero-order valence-electron chi connectivity index (χ0n) is 18.6. The van der Waals surface area contributed by atoms with Crippen LogP contribution in [0.4, 0.5) is 0 Å². The molecule has 3 aliphatic carbocycles. The number of hydrogen-bond donors (Lipinski definition) is 2. The predicted octanol–water partition coefficient (Wildman–Crippen LogP) is 1.78. The molecular weight excluding hydrogens is 440 g/mol. The van der Waals surface area contributed by atoms with E-state index in [0.29, 0.717) is 17.5 Å². The number of nitrogens with zero attached hydrogens (tertiary/aromatic N) is 2. The van der Waals surface area contributed by atoms with Crippen molar-refractivity contribution in [2.45, 2.75) is 85.1 Å². The third kappa shape index (κ3) is 2.00. The van der Waals surface area contributed by atoms with Crippen LogP contribution < -0.4 is 4.74 Å². The average Bonchev–Trinajstić information content (AvgIpc) is 3.14. The van der Waals surface area contributed by atoms with E-state index in [9.17, 15) is 10.2 Å². The number of hydrogen-bond acceptors (Lipinski definition) is 8. The Balaban J connectivity index is 1.24. The minimum Gasteiger partial charge on any atom is -0.504 e. The molecule has 0 aromatic heterocycles. The number of phenolic OH excluding ortho intramolecular Hbond substituents is 1. The van der Waals surface area contributed by atoms with Crippen molar-refractivity contribution < 1.29 is 24.4 Å². The van der Waals surface area contributed by atoms with Crippen LogP contribution in [0.5, 0.6) is 11.5 Å². The summed E-state index contributed by atoms with van der Waals surface area (Å²) in [4.78, 5) is 5.00. The van der Waals surface area contributed by atoms with Gasteiger partial charge in [-0.25, -0.2) is 4.90 Å². The Morgan fingerprint density at radius 1 is 1.18 bits per heavy atom. The lowest BCUT2D eigenvalue weighted by Crippen LogP contribution is -2.80. The molecule has 0 radical (unpaired) electrons. The summed E-state index contributed by atoms with van der Waals surface area (Å²) in [6.45, 7) is 2.78. The summed E-state index contributed by atoms with van der Waals surface area (Å²) in [6, 6.07) is 3.95. The molecule has 176 valence electrons. The van der Waals surface area contributed by atoms with Crippen LogP contribution >= 0.6 is 11.8 Å². The maximum Gasteiger partial charge on any atom is 0.165 e. The smallest absolute Gasteiger partial charge is 0.165 e. The molecule has 1 aromatic carbocycles. The molecule has 2 N–H and O–H groups in total. The van der Waals surface area contributed by atoms with Gasteiger partial charge in [0.1, 0.15) is 24.2 Å². The van der Waals surface area contributed by atoms with Crippen LogP contribution in [0, 0.1) is 5.92 Å². The van der Waals surface area contributed by atoms with Crippen molar-refractivity contribution in [1.82, 2.24) is 9.80 Å². The Hall–Kier alpha value is -1.03. The second kappa shape index (κ2) is 5.85. The van der Waals surface area contributed by atoms with Crippen LogP contribution in [0.3, 0.4) is 0 Å². The number of piperidine rings is 1. The van der Waals surface area contributed by atoms with Gasteiger partial charge in [0.15, 0.2) is 11.5 Å². The molecule has 9 rings (SSSR count). The zero-order valence-corrected chi connectivity index (χ0v) is 19.4. The van der Waals surface area contributed by atoms with E-state index in [-0.39, 0.29) is 30.4 Å². The van der Waals surface area contributed by atoms with E-state index in [1.54, 1.807) is 6.07 Å². The van der Waals surface area contributed by atoms with Crippen molar-refractivity contribution in [3.05, 3.63) is 23.3 Å². The number of benzene rings is 1. The van der Waals surface area contributed by atoms with Crippen LogP contribution in [-0.4, -0.2) is 86.6 Å². The molecule has 8 atom stereocenters. The van der Waals surface area contributed by atoms with E-state index in [4.69, 9.17) is 14.2 Å². The largest absolute Gasteiger partial charge is 0.504 e. The molecule has 6 fully saturated rings. The second-order valence-electron chi connectivity index (χ2n) is 11.7. The van der Waals surface area contributed by atoms with Crippen molar-refractivity contribution in [1.29, 1.82) is 0 Å². The fourth-order valence-electron chi connectivity index (χ4n) is 8.93. The number of likely N-dealkylation sites (tertiary alicyclic amines) is 1. The van der Waals surface area contributed by atoms with Gasteiger partial charge in [0, 0.05) is 23.9 Å². The Morgan fingerprint density at radius 2 is 2.09 bits per heavy atom. The van der Waals surface area contributed by atoms with Crippen LogP contribution in [-0.2, 0) is 21.3 Å². The first kappa shape index (κ1) is 19.2. The van der Waals surface area contributed by atoms with Crippen LogP contribution in [0.1, 0.15) is 43.2 Å². The van der Waals surface area contributed by atoms with Gasteiger partial charge in [-0.3, -0.25) is 4.90 Å². The van der Waals surface area contributed by atoms with Gasteiger partial charge in [0.2, 0.25) is 0 Å². The highest BCUT2D eigenvalue weighted by atomic mass is 32.2. The Bertz CT molecular complexity index is 1080. The molecule has 8 aliphatic rings. The molecule has 1 aromatic rings. The van der Waals surface area contributed by atoms with Crippen molar-refractivity contribution in [2.75, 3.05) is 25.4 Å². The molecule has 4 saturated heterocycles. The van der Waals surface area contributed by atoms with Crippen LogP contribution in [0.25, 0.3) is 0 Å². The van der Waals surface area contributed by atoms with E-state index >= 15 is 0 Å². The Morgan fingerprint density at radius 3 is 2.97 bits per heavy atom. The van der Waals surface area contributed by atoms with Crippen molar-refractivity contribution >= 4 is 11.8 Å². The lowest BCUT2D eigenvalue weighted by molar-refractivity contribution is -0.258. The summed E-state index contributed by atoms with van der Waals surface area (Å²) >= 11 is 1.92. The molecule has 2 spiro atoms. The molecule has 0 amide bonds. The summed E-state index contributed by atoms with van der Waals surface area (Å²) in [5, 5.41) is 23.9. The monoisotopic (exact) mass is 470 g/mol. The molecular formula is C25H30N2O5S. The van der Waals surface area contributed by atoms with E-state index in [1.165, 1.54) is 18.4 Å². The van der Waals surface area contributed by atoms with E-state index in [0.717, 1.165) is 56.2 Å². The van der Waals surface area contributed by atoms with Gasteiger partial charge in [0.05, 0.1) is 23.0 Å². The molecule has 2 bridgehead atoms. The van der Waals surface area contributed by atoms with E-state index < -0.39 is 16.6 Å². The van der Waals surface area contributed by atoms with Crippen LogP contribution in [0.2, 0.25) is 0 Å². The highest BCUT2D eigenvalue weighted by Gasteiger charge is 2.80. The fraction of sp³-hybridized carbons (Fsp3) is 0.760. The lowest BCUT2D eigenvalue weighted by atomic mass is 9.46. The first-order valence-corrected chi connectivity index (χ1v) is 13.8. The minimum atomic E-state index is -0.884. The minimum absolute atomic E-state index is 0.0461. The maximum atomic E-state index is 12.7. The second-order valence-corrected chi connectivity index (χ2v) is 12.9. The van der Waals surface area contributed by atoms with Gasteiger partial charge in [-0.15, -0.1) is 11.8 Å². The summed E-state index contributed by atoms with van der Waals surface area (Å²) in [5.41, 5.74) is 0.236. The van der Waals surface area contributed by atoms with E-state index in [1.807, 2.05) is 11.8 Å². The number of thioether (sulfide) groups is 1. The quantitative estimate of drug-likeness (QED) is 0.678. The van der Waals surface area contributed by atoms with Crippen molar-refractivity contribution in [3.8, 4) is 11.5 Å².